The normalized spacial score (nSPS) is 10.7. The number of H-pyrrole nitrogens is 1. The van der Waals surface area contributed by atoms with Gasteiger partial charge in [0.2, 0.25) is 0 Å². The average Bonchev–Trinajstić information content (AvgIpc) is 2.72. The molecule has 0 fully saturated rings. The molecule has 1 N–H and O–H groups in total. The van der Waals surface area contributed by atoms with Gasteiger partial charge in [0, 0.05) is 6.20 Å². The number of fused-ring (bicyclic) bond motifs is 1. The van der Waals surface area contributed by atoms with Gasteiger partial charge < -0.3 is 14.5 Å². The van der Waals surface area contributed by atoms with E-state index >= 15 is 0 Å². The van der Waals surface area contributed by atoms with Crippen molar-refractivity contribution in [2.24, 2.45) is 0 Å². The third kappa shape index (κ3) is 4.12. The Balaban J connectivity index is 1.38. The lowest BCUT2D eigenvalue weighted by molar-refractivity contribution is 0.291. The summed E-state index contributed by atoms with van der Waals surface area (Å²) >= 11 is 0. The van der Waals surface area contributed by atoms with Crippen LogP contribution in [0, 0.1) is 0 Å². The molecule has 6 nitrogen and oxygen atoms in total. The van der Waals surface area contributed by atoms with E-state index in [1.807, 2.05) is 54.6 Å². The lowest BCUT2D eigenvalue weighted by atomic mass is 10.2. The minimum atomic E-state index is -0.203. The molecule has 0 aliphatic rings. The van der Waals surface area contributed by atoms with Crippen molar-refractivity contribution in [3.8, 4) is 11.5 Å². The van der Waals surface area contributed by atoms with Crippen molar-refractivity contribution >= 4 is 10.9 Å². The molecule has 0 amide bonds. The second kappa shape index (κ2) is 7.70. The number of hydrogen-bond donors (Lipinski definition) is 1. The van der Waals surface area contributed by atoms with Gasteiger partial charge in [-0.2, -0.15) is 0 Å². The van der Waals surface area contributed by atoms with Gasteiger partial charge in [-0.1, -0.05) is 30.3 Å². The van der Waals surface area contributed by atoms with E-state index in [0.717, 1.165) is 11.3 Å². The molecule has 2 aromatic heterocycles. The molecule has 4 rings (SSSR count). The lowest BCUT2D eigenvalue weighted by Gasteiger charge is -2.09. The fraction of sp³-hybridized carbons (Fsp3) is 0.0952. The van der Waals surface area contributed by atoms with Crippen LogP contribution in [-0.2, 0) is 13.2 Å². The Kier molecular flexibility index (Phi) is 4.78. The number of aromatic amines is 1. The van der Waals surface area contributed by atoms with Crippen molar-refractivity contribution < 1.29 is 9.47 Å². The molecule has 6 heteroatoms. The van der Waals surface area contributed by atoms with E-state index in [1.54, 1.807) is 18.5 Å². The minimum Gasteiger partial charge on any atom is -0.489 e. The van der Waals surface area contributed by atoms with Crippen LogP contribution < -0.4 is 15.0 Å². The van der Waals surface area contributed by atoms with E-state index in [-0.39, 0.29) is 12.2 Å². The van der Waals surface area contributed by atoms with Gasteiger partial charge >= 0.3 is 0 Å². The summed E-state index contributed by atoms with van der Waals surface area (Å²) in [4.78, 5) is 23.1. The second-order valence-electron chi connectivity index (χ2n) is 5.94. The molecule has 0 aliphatic heterocycles. The van der Waals surface area contributed by atoms with Crippen LogP contribution in [0.5, 0.6) is 11.5 Å². The summed E-state index contributed by atoms with van der Waals surface area (Å²) in [6.07, 6.45) is 3.13. The number of nitrogens with one attached hydrogen (secondary N) is 1. The molecule has 0 unspecified atom stereocenters. The largest absolute Gasteiger partial charge is 0.489 e. The van der Waals surface area contributed by atoms with E-state index in [4.69, 9.17) is 9.47 Å². The van der Waals surface area contributed by atoms with Gasteiger partial charge in [-0.05, 0) is 35.9 Å². The fourth-order valence-electron chi connectivity index (χ4n) is 2.63. The molecule has 0 atom stereocenters. The van der Waals surface area contributed by atoms with Gasteiger partial charge in [-0.3, -0.25) is 9.78 Å². The van der Waals surface area contributed by atoms with E-state index in [2.05, 4.69) is 15.0 Å². The zero-order chi connectivity index (χ0) is 18.5. The summed E-state index contributed by atoms with van der Waals surface area (Å²) in [5.41, 5.74) is 1.45. The quantitative estimate of drug-likeness (QED) is 0.570. The van der Waals surface area contributed by atoms with Crippen LogP contribution in [0.3, 0.4) is 0 Å². The van der Waals surface area contributed by atoms with Gasteiger partial charge in [0.05, 0.1) is 17.1 Å². The van der Waals surface area contributed by atoms with E-state index in [0.29, 0.717) is 29.1 Å². The summed E-state index contributed by atoms with van der Waals surface area (Å²) in [7, 11) is 0. The van der Waals surface area contributed by atoms with Gasteiger partial charge in [0.25, 0.3) is 5.56 Å². The molecule has 0 radical (unpaired) electrons. The number of aromatic nitrogens is 3. The summed E-state index contributed by atoms with van der Waals surface area (Å²) in [5.74, 6) is 1.87. The van der Waals surface area contributed by atoms with Crippen molar-refractivity contribution in [3.63, 3.8) is 0 Å². The third-order valence-electron chi connectivity index (χ3n) is 4.01. The highest BCUT2D eigenvalue weighted by Crippen LogP contribution is 2.19. The predicted octanol–water partition coefficient (Wildman–Crippen LogP) is 3.48. The van der Waals surface area contributed by atoms with Crippen LogP contribution in [0.4, 0.5) is 0 Å². The van der Waals surface area contributed by atoms with Gasteiger partial charge in [-0.15, -0.1) is 0 Å². The number of hydrogen-bond acceptors (Lipinski definition) is 5. The first kappa shape index (κ1) is 16.8. The predicted molar refractivity (Wildman–Crippen MR) is 102 cm³/mol. The van der Waals surface area contributed by atoms with Gasteiger partial charge in [-0.25, -0.2) is 4.98 Å². The Bertz CT molecular complexity index is 1090. The summed E-state index contributed by atoms with van der Waals surface area (Å²) in [5, 5.41) is 0.508. The van der Waals surface area contributed by atoms with Crippen molar-refractivity contribution in [1.29, 1.82) is 0 Å². The fourth-order valence-corrected chi connectivity index (χ4v) is 2.63. The zero-order valence-electron chi connectivity index (χ0n) is 14.5. The maximum absolute atomic E-state index is 12.0. The van der Waals surface area contributed by atoms with Crippen LogP contribution in [-0.4, -0.2) is 15.0 Å². The Morgan fingerprint density at radius 2 is 1.56 bits per heavy atom. The molecule has 2 aromatic carbocycles. The highest BCUT2D eigenvalue weighted by Gasteiger charge is 2.05. The molecule has 134 valence electrons. The van der Waals surface area contributed by atoms with Crippen molar-refractivity contribution in [2.75, 3.05) is 0 Å². The number of pyridine rings is 1. The van der Waals surface area contributed by atoms with Crippen molar-refractivity contribution in [1.82, 2.24) is 15.0 Å². The van der Waals surface area contributed by atoms with Crippen LogP contribution in [0.2, 0.25) is 0 Å². The van der Waals surface area contributed by atoms with Gasteiger partial charge in [0.1, 0.15) is 30.5 Å². The average molecular weight is 359 g/mol. The molecule has 4 aromatic rings. The van der Waals surface area contributed by atoms with Gasteiger partial charge in [0.15, 0.2) is 0 Å². The third-order valence-corrected chi connectivity index (χ3v) is 4.01. The van der Waals surface area contributed by atoms with Crippen LogP contribution in [0.25, 0.3) is 10.9 Å². The maximum atomic E-state index is 12.0. The van der Waals surface area contributed by atoms with E-state index in [1.165, 1.54) is 0 Å². The number of nitrogens with zero attached hydrogens (tertiary/aromatic N) is 2. The molecule has 0 saturated heterocycles. The van der Waals surface area contributed by atoms with Crippen LogP contribution in [0.1, 0.15) is 11.4 Å². The van der Waals surface area contributed by atoms with Crippen LogP contribution >= 0.6 is 0 Å². The molecule has 27 heavy (non-hydrogen) atoms. The molecule has 0 spiro atoms. The summed E-state index contributed by atoms with van der Waals surface area (Å²) in [6, 6.07) is 19.0. The molecular weight excluding hydrogens is 342 g/mol. The molecule has 2 heterocycles. The standard InChI is InChI=1S/C21H17N3O3/c25-21-18-10-11-22-12-19(18)23-20(24-21)14-27-17-8-6-16(7-9-17)26-13-15-4-2-1-3-5-15/h1-12H,13-14H2,(H,23,24,25). The maximum Gasteiger partial charge on any atom is 0.258 e. The highest BCUT2D eigenvalue weighted by molar-refractivity contribution is 5.75. The Morgan fingerprint density at radius 1 is 0.852 bits per heavy atom. The number of benzene rings is 2. The first-order chi connectivity index (χ1) is 13.3. The highest BCUT2D eigenvalue weighted by atomic mass is 16.5. The second-order valence-corrected chi connectivity index (χ2v) is 5.94. The topological polar surface area (TPSA) is 77.1 Å². The zero-order valence-corrected chi connectivity index (χ0v) is 14.5. The molecule has 0 saturated carbocycles. The molecule has 0 aliphatic carbocycles. The Hall–Kier alpha value is -3.67. The summed E-state index contributed by atoms with van der Waals surface area (Å²) < 4.78 is 11.5. The smallest absolute Gasteiger partial charge is 0.258 e. The number of rotatable bonds is 6. The minimum absolute atomic E-state index is 0.157. The van der Waals surface area contributed by atoms with E-state index < -0.39 is 0 Å². The Labute approximate surface area is 155 Å². The monoisotopic (exact) mass is 359 g/mol. The van der Waals surface area contributed by atoms with E-state index in [9.17, 15) is 4.79 Å². The first-order valence-corrected chi connectivity index (χ1v) is 8.50. The first-order valence-electron chi connectivity index (χ1n) is 8.50. The van der Waals surface area contributed by atoms with Crippen LogP contribution in [0.15, 0.2) is 77.9 Å². The number of ether oxygens (including phenoxy) is 2. The Morgan fingerprint density at radius 3 is 2.30 bits per heavy atom. The lowest BCUT2D eigenvalue weighted by Crippen LogP contribution is -2.13. The van der Waals surface area contributed by atoms with Crippen molar-refractivity contribution in [3.05, 3.63) is 94.8 Å². The molecular formula is C21H17N3O3. The van der Waals surface area contributed by atoms with Crippen molar-refractivity contribution in [2.45, 2.75) is 13.2 Å². The SMILES string of the molecule is O=c1[nH]c(COc2ccc(OCc3ccccc3)cc2)nc2cnccc12. The molecule has 0 bridgehead atoms. The summed E-state index contributed by atoms with van der Waals surface area (Å²) in [6.45, 7) is 0.668.